The fraction of sp³-hybridized carbons (Fsp3) is 0.655. The molecule has 4 rings (SSSR count). The van der Waals surface area contributed by atoms with Crippen LogP contribution in [0.1, 0.15) is 63.9 Å². The van der Waals surface area contributed by atoms with Crippen LogP contribution in [0.15, 0.2) is 24.3 Å². The maximum Gasteiger partial charge on any atom is 0.243 e. The standard InChI is InChI=1S/C29H41N3O7/c1-17(30-28(36)20-9-10-21(33)15-20)27(35)32-24(14-19-7-11-22(38-2)12-8-19)29(37)31-23(26(34)25-16-39-25)13-18-5-3-4-6-18/h7-8,11-12,17-18,20-21,23-25,33H,3-6,9-10,13-16H2,1-2H3,(H,30,36)(H,31,37)(H,32,35)/t17-,20+,21+,23?,24+,25-/m1/s1. The molecule has 10 nitrogen and oxygen atoms in total. The molecule has 1 heterocycles. The molecular formula is C29H41N3O7. The molecule has 3 amide bonds. The van der Waals surface area contributed by atoms with Crippen molar-refractivity contribution in [3.05, 3.63) is 29.8 Å². The molecule has 4 N–H and O–H groups in total. The van der Waals surface area contributed by atoms with Gasteiger partial charge in [-0.2, -0.15) is 0 Å². The molecule has 0 spiro atoms. The molecule has 214 valence electrons. The minimum absolute atomic E-state index is 0.121. The number of ketones is 1. The van der Waals surface area contributed by atoms with Gasteiger partial charge in [-0.3, -0.25) is 19.2 Å². The number of aliphatic hydroxyl groups is 1. The molecule has 1 aromatic carbocycles. The van der Waals surface area contributed by atoms with Gasteiger partial charge in [0, 0.05) is 12.3 Å². The first-order chi connectivity index (χ1) is 18.7. The first kappa shape index (κ1) is 29.0. The quantitative estimate of drug-likeness (QED) is 0.275. The van der Waals surface area contributed by atoms with E-state index in [9.17, 15) is 24.3 Å². The third-order valence-corrected chi connectivity index (χ3v) is 8.11. The Morgan fingerprint density at radius 1 is 0.974 bits per heavy atom. The highest BCUT2D eigenvalue weighted by Crippen LogP contribution is 2.30. The second kappa shape index (κ2) is 13.4. The molecule has 1 unspecified atom stereocenters. The zero-order valence-electron chi connectivity index (χ0n) is 22.8. The summed E-state index contributed by atoms with van der Waals surface area (Å²) in [5.41, 5.74) is 0.803. The normalized spacial score (nSPS) is 24.8. The summed E-state index contributed by atoms with van der Waals surface area (Å²) in [4.78, 5) is 52.3. The molecule has 3 fully saturated rings. The topological polar surface area (TPSA) is 146 Å². The van der Waals surface area contributed by atoms with Gasteiger partial charge in [-0.25, -0.2) is 0 Å². The Hall–Kier alpha value is -2.98. The van der Waals surface area contributed by atoms with Crippen molar-refractivity contribution in [2.24, 2.45) is 11.8 Å². The van der Waals surface area contributed by atoms with Crippen LogP contribution in [-0.2, 0) is 30.3 Å². The number of hydrogen-bond acceptors (Lipinski definition) is 7. The third kappa shape index (κ3) is 8.25. The van der Waals surface area contributed by atoms with Gasteiger partial charge in [0.1, 0.15) is 23.9 Å². The third-order valence-electron chi connectivity index (χ3n) is 8.11. The Morgan fingerprint density at radius 2 is 1.64 bits per heavy atom. The molecule has 3 aliphatic rings. The summed E-state index contributed by atoms with van der Waals surface area (Å²) in [6, 6.07) is 4.69. The number of carbonyl (C=O) groups excluding carboxylic acids is 4. The Labute approximate surface area is 229 Å². The summed E-state index contributed by atoms with van der Waals surface area (Å²) in [5.74, 6) is -0.643. The van der Waals surface area contributed by atoms with Gasteiger partial charge < -0.3 is 30.5 Å². The number of ether oxygens (including phenoxy) is 2. The van der Waals surface area contributed by atoms with Crippen LogP contribution in [0.5, 0.6) is 5.75 Å². The molecule has 1 aromatic rings. The number of carbonyl (C=O) groups is 4. The zero-order valence-corrected chi connectivity index (χ0v) is 22.8. The molecule has 39 heavy (non-hydrogen) atoms. The number of epoxide rings is 1. The van der Waals surface area contributed by atoms with E-state index in [0.29, 0.717) is 44.0 Å². The van der Waals surface area contributed by atoms with E-state index < -0.39 is 42.1 Å². The molecule has 1 aliphatic heterocycles. The molecule has 6 atom stereocenters. The number of Topliss-reactive ketones (excluding diaryl/α,β-unsaturated/α-hetero) is 1. The summed E-state index contributed by atoms with van der Waals surface area (Å²) in [6.07, 6.45) is 5.62. The van der Waals surface area contributed by atoms with Crippen LogP contribution in [0.3, 0.4) is 0 Å². The van der Waals surface area contributed by atoms with Crippen LogP contribution in [-0.4, -0.2) is 72.7 Å². The van der Waals surface area contributed by atoms with E-state index in [1.807, 2.05) is 12.1 Å². The van der Waals surface area contributed by atoms with Gasteiger partial charge in [-0.05, 0) is 56.2 Å². The zero-order chi connectivity index (χ0) is 27.9. The molecule has 2 aliphatic carbocycles. The molecule has 0 bridgehead atoms. The molecule has 0 radical (unpaired) electrons. The highest BCUT2D eigenvalue weighted by molar-refractivity contribution is 5.96. The molecule has 10 heteroatoms. The maximum absolute atomic E-state index is 13.6. The lowest BCUT2D eigenvalue weighted by atomic mass is 9.94. The number of methoxy groups -OCH3 is 1. The van der Waals surface area contributed by atoms with Crippen molar-refractivity contribution in [1.82, 2.24) is 16.0 Å². The summed E-state index contributed by atoms with van der Waals surface area (Å²) in [7, 11) is 1.57. The smallest absolute Gasteiger partial charge is 0.243 e. The van der Waals surface area contributed by atoms with Crippen LogP contribution in [0.4, 0.5) is 0 Å². The van der Waals surface area contributed by atoms with Crippen LogP contribution in [0.2, 0.25) is 0 Å². The van der Waals surface area contributed by atoms with Crippen molar-refractivity contribution in [1.29, 1.82) is 0 Å². The largest absolute Gasteiger partial charge is 0.497 e. The molecule has 1 saturated heterocycles. The van der Waals surface area contributed by atoms with E-state index in [0.717, 1.165) is 31.2 Å². The maximum atomic E-state index is 13.6. The fourth-order valence-electron chi connectivity index (χ4n) is 5.63. The second-order valence-electron chi connectivity index (χ2n) is 11.2. The van der Waals surface area contributed by atoms with Crippen molar-refractivity contribution in [2.75, 3.05) is 13.7 Å². The van der Waals surface area contributed by atoms with E-state index in [-0.39, 0.29) is 24.0 Å². The van der Waals surface area contributed by atoms with Gasteiger partial charge in [-0.1, -0.05) is 37.8 Å². The van der Waals surface area contributed by atoms with Gasteiger partial charge >= 0.3 is 0 Å². The SMILES string of the molecule is COc1ccc(C[C@H](NC(=O)[C@@H](C)NC(=O)[C@H]2CC[C@H](O)C2)C(=O)NC(CC2CCCC2)C(=O)[C@H]2CO2)cc1. The number of rotatable bonds is 13. The predicted octanol–water partition coefficient (Wildman–Crippen LogP) is 1.42. The van der Waals surface area contributed by atoms with Gasteiger partial charge in [0.15, 0.2) is 5.78 Å². The fourth-order valence-corrected chi connectivity index (χ4v) is 5.63. The Bertz CT molecular complexity index is 1020. The highest BCUT2D eigenvalue weighted by atomic mass is 16.6. The van der Waals surface area contributed by atoms with Crippen LogP contribution in [0.25, 0.3) is 0 Å². The van der Waals surface area contributed by atoms with Crippen molar-refractivity contribution < 1.29 is 33.8 Å². The van der Waals surface area contributed by atoms with E-state index in [1.165, 1.54) is 0 Å². The Morgan fingerprint density at radius 3 is 2.23 bits per heavy atom. The summed E-state index contributed by atoms with van der Waals surface area (Å²) in [6.45, 7) is 1.94. The lowest BCUT2D eigenvalue weighted by Crippen LogP contribution is -2.56. The van der Waals surface area contributed by atoms with Crippen molar-refractivity contribution in [2.45, 2.75) is 95.0 Å². The summed E-state index contributed by atoms with van der Waals surface area (Å²) in [5, 5.41) is 18.2. The Balaban J connectivity index is 1.44. The Kier molecular flexibility index (Phi) is 9.96. The van der Waals surface area contributed by atoms with E-state index in [4.69, 9.17) is 9.47 Å². The van der Waals surface area contributed by atoms with Crippen LogP contribution >= 0.6 is 0 Å². The first-order valence-electron chi connectivity index (χ1n) is 14.1. The van der Waals surface area contributed by atoms with Crippen molar-refractivity contribution >= 4 is 23.5 Å². The van der Waals surface area contributed by atoms with E-state index in [2.05, 4.69) is 16.0 Å². The van der Waals surface area contributed by atoms with Gasteiger partial charge in [0.05, 0.1) is 25.9 Å². The summed E-state index contributed by atoms with van der Waals surface area (Å²) < 4.78 is 10.4. The number of amides is 3. The lowest BCUT2D eigenvalue weighted by Gasteiger charge is -2.26. The number of nitrogens with one attached hydrogen (secondary N) is 3. The molecule has 2 saturated carbocycles. The predicted molar refractivity (Wildman–Crippen MR) is 143 cm³/mol. The first-order valence-corrected chi connectivity index (χ1v) is 14.1. The molecule has 0 aromatic heterocycles. The average molecular weight is 544 g/mol. The van der Waals surface area contributed by atoms with Gasteiger partial charge in [0.25, 0.3) is 0 Å². The van der Waals surface area contributed by atoms with E-state index >= 15 is 0 Å². The summed E-state index contributed by atoms with van der Waals surface area (Å²) >= 11 is 0. The monoisotopic (exact) mass is 543 g/mol. The average Bonchev–Trinajstić information content (AvgIpc) is 3.47. The van der Waals surface area contributed by atoms with Crippen LogP contribution < -0.4 is 20.7 Å². The molecular weight excluding hydrogens is 502 g/mol. The highest BCUT2D eigenvalue weighted by Gasteiger charge is 2.39. The van der Waals surface area contributed by atoms with Gasteiger partial charge in [-0.15, -0.1) is 0 Å². The van der Waals surface area contributed by atoms with Gasteiger partial charge in [0.2, 0.25) is 17.7 Å². The van der Waals surface area contributed by atoms with Crippen molar-refractivity contribution in [3.8, 4) is 5.75 Å². The number of aliphatic hydroxyl groups excluding tert-OH is 1. The van der Waals surface area contributed by atoms with Crippen molar-refractivity contribution in [3.63, 3.8) is 0 Å². The van der Waals surface area contributed by atoms with E-state index in [1.54, 1.807) is 26.2 Å². The number of benzene rings is 1. The van der Waals surface area contributed by atoms with Crippen LogP contribution in [0, 0.1) is 11.8 Å². The minimum atomic E-state index is -0.961. The lowest BCUT2D eigenvalue weighted by molar-refractivity contribution is -0.134. The minimum Gasteiger partial charge on any atom is -0.497 e. The number of hydrogen-bond donors (Lipinski definition) is 4. The second-order valence-corrected chi connectivity index (χ2v) is 11.2.